The van der Waals surface area contributed by atoms with Crippen molar-refractivity contribution < 1.29 is 14.3 Å². The maximum atomic E-state index is 12.3. The van der Waals surface area contributed by atoms with Crippen LogP contribution in [0.1, 0.15) is 48.7 Å². The fourth-order valence-corrected chi connectivity index (χ4v) is 3.27. The summed E-state index contributed by atoms with van der Waals surface area (Å²) in [5.41, 5.74) is 1.72. The quantitative estimate of drug-likeness (QED) is 0.657. The summed E-state index contributed by atoms with van der Waals surface area (Å²) in [5.74, 6) is 0.962. The minimum absolute atomic E-state index is 0.00991. The highest BCUT2D eigenvalue weighted by Crippen LogP contribution is 2.24. The molecule has 0 spiro atoms. The molecule has 0 aliphatic rings. The minimum atomic E-state index is -0.0926. The molecule has 1 heterocycles. The zero-order chi connectivity index (χ0) is 18.9. The monoisotopic (exact) mass is 374 g/mol. The molecule has 0 aliphatic heterocycles. The van der Waals surface area contributed by atoms with Gasteiger partial charge >= 0.3 is 0 Å². The molecule has 1 atom stereocenters. The van der Waals surface area contributed by atoms with E-state index in [9.17, 15) is 9.59 Å². The smallest absolute Gasteiger partial charge is 0.252 e. The lowest BCUT2D eigenvalue weighted by atomic mass is 9.95. The summed E-state index contributed by atoms with van der Waals surface area (Å²) in [7, 11) is 1.63. The first-order chi connectivity index (χ1) is 12.5. The van der Waals surface area contributed by atoms with E-state index >= 15 is 0 Å². The van der Waals surface area contributed by atoms with Gasteiger partial charge in [-0.1, -0.05) is 26.0 Å². The third-order valence-electron chi connectivity index (χ3n) is 4.11. The van der Waals surface area contributed by atoms with Crippen LogP contribution in [-0.2, 0) is 4.79 Å². The molecule has 1 aromatic carbocycles. The summed E-state index contributed by atoms with van der Waals surface area (Å²) < 4.78 is 5.18. The van der Waals surface area contributed by atoms with Crippen LogP contribution in [0, 0.1) is 5.92 Å². The van der Waals surface area contributed by atoms with Crippen molar-refractivity contribution in [3.63, 3.8) is 0 Å². The third kappa shape index (κ3) is 5.88. The van der Waals surface area contributed by atoms with Crippen molar-refractivity contribution in [2.75, 3.05) is 13.7 Å². The molecule has 2 N–H and O–H groups in total. The Morgan fingerprint density at radius 3 is 2.46 bits per heavy atom. The topological polar surface area (TPSA) is 67.4 Å². The first-order valence-electron chi connectivity index (χ1n) is 8.75. The van der Waals surface area contributed by atoms with Crippen molar-refractivity contribution in [1.29, 1.82) is 0 Å². The summed E-state index contributed by atoms with van der Waals surface area (Å²) in [5, 5.41) is 9.61. The van der Waals surface area contributed by atoms with E-state index in [1.54, 1.807) is 13.2 Å². The molecule has 26 heavy (non-hydrogen) atoms. The van der Waals surface area contributed by atoms with Gasteiger partial charge in [0.2, 0.25) is 5.91 Å². The second kappa shape index (κ2) is 9.97. The number of amides is 2. The average molecular weight is 375 g/mol. The highest BCUT2D eigenvalue weighted by molar-refractivity contribution is 7.08. The summed E-state index contributed by atoms with van der Waals surface area (Å²) in [6.45, 7) is 4.64. The number of carbonyl (C=O) groups excluding carboxylic acids is 2. The number of carbonyl (C=O) groups is 2. The number of benzene rings is 1. The van der Waals surface area contributed by atoms with Gasteiger partial charge in [0, 0.05) is 23.9 Å². The van der Waals surface area contributed by atoms with E-state index in [1.165, 1.54) is 11.3 Å². The molecule has 2 aromatic rings. The lowest BCUT2D eigenvalue weighted by molar-refractivity contribution is -0.122. The Hall–Kier alpha value is -2.34. The van der Waals surface area contributed by atoms with Crippen LogP contribution in [0.3, 0.4) is 0 Å². The summed E-state index contributed by atoms with van der Waals surface area (Å²) in [6.07, 6.45) is 0.985. The lowest BCUT2D eigenvalue weighted by Gasteiger charge is -2.23. The van der Waals surface area contributed by atoms with E-state index in [0.717, 1.165) is 11.3 Å². The molecule has 0 saturated heterocycles. The normalized spacial score (nSPS) is 11.8. The molecule has 140 valence electrons. The van der Waals surface area contributed by atoms with E-state index in [1.807, 2.05) is 35.0 Å². The third-order valence-corrected chi connectivity index (χ3v) is 4.79. The lowest BCUT2D eigenvalue weighted by Crippen LogP contribution is -2.32. The number of hydrogen-bond acceptors (Lipinski definition) is 4. The number of nitrogens with one attached hydrogen (secondary N) is 2. The van der Waals surface area contributed by atoms with E-state index < -0.39 is 0 Å². The van der Waals surface area contributed by atoms with Crippen LogP contribution < -0.4 is 15.4 Å². The highest BCUT2D eigenvalue weighted by Gasteiger charge is 2.18. The Morgan fingerprint density at radius 2 is 1.88 bits per heavy atom. The molecular formula is C20H26N2O3S. The maximum absolute atomic E-state index is 12.3. The molecule has 2 amide bonds. The summed E-state index contributed by atoms with van der Waals surface area (Å²) in [4.78, 5) is 24.1. The Bertz CT molecular complexity index is 696. The van der Waals surface area contributed by atoms with Gasteiger partial charge in [-0.3, -0.25) is 9.59 Å². The van der Waals surface area contributed by atoms with Gasteiger partial charge in [-0.2, -0.15) is 11.3 Å². The number of hydrogen-bond donors (Lipinski definition) is 2. The maximum Gasteiger partial charge on any atom is 0.252 e. The summed E-state index contributed by atoms with van der Waals surface area (Å²) in [6, 6.07) is 9.49. The van der Waals surface area contributed by atoms with Crippen molar-refractivity contribution in [2.24, 2.45) is 5.92 Å². The molecule has 1 aromatic heterocycles. The molecule has 0 saturated carbocycles. The zero-order valence-electron chi connectivity index (χ0n) is 15.5. The SMILES string of the molecule is COc1ccc([C@@H](NC(=O)CCCNC(=O)c2ccsc2)C(C)C)cc1. The van der Waals surface area contributed by atoms with Crippen molar-refractivity contribution >= 4 is 23.2 Å². The zero-order valence-corrected chi connectivity index (χ0v) is 16.3. The van der Waals surface area contributed by atoms with Crippen LogP contribution in [0.2, 0.25) is 0 Å². The highest BCUT2D eigenvalue weighted by atomic mass is 32.1. The minimum Gasteiger partial charge on any atom is -0.497 e. The van der Waals surface area contributed by atoms with Crippen LogP contribution in [0.15, 0.2) is 41.1 Å². The van der Waals surface area contributed by atoms with Crippen LogP contribution >= 0.6 is 11.3 Å². The molecule has 5 nitrogen and oxygen atoms in total. The second-order valence-electron chi connectivity index (χ2n) is 6.43. The fraction of sp³-hybridized carbons (Fsp3) is 0.400. The first kappa shape index (κ1) is 20.0. The van der Waals surface area contributed by atoms with Gasteiger partial charge in [-0.05, 0) is 41.5 Å². The van der Waals surface area contributed by atoms with Gasteiger partial charge in [0.15, 0.2) is 0 Å². The van der Waals surface area contributed by atoms with E-state index in [0.29, 0.717) is 24.9 Å². The number of thiophene rings is 1. The van der Waals surface area contributed by atoms with Gasteiger partial charge < -0.3 is 15.4 Å². The van der Waals surface area contributed by atoms with Crippen LogP contribution in [0.4, 0.5) is 0 Å². The Kier molecular flexibility index (Phi) is 7.66. The van der Waals surface area contributed by atoms with Gasteiger partial charge in [0.25, 0.3) is 5.91 Å². The van der Waals surface area contributed by atoms with Crippen molar-refractivity contribution in [1.82, 2.24) is 10.6 Å². The molecule has 0 unspecified atom stereocenters. The van der Waals surface area contributed by atoms with Crippen molar-refractivity contribution in [2.45, 2.75) is 32.7 Å². The van der Waals surface area contributed by atoms with Crippen molar-refractivity contribution in [3.05, 3.63) is 52.2 Å². The van der Waals surface area contributed by atoms with Gasteiger partial charge in [-0.25, -0.2) is 0 Å². The van der Waals surface area contributed by atoms with E-state index in [2.05, 4.69) is 24.5 Å². The van der Waals surface area contributed by atoms with E-state index in [-0.39, 0.29) is 23.8 Å². The molecular weight excluding hydrogens is 348 g/mol. The number of rotatable bonds is 9. The predicted octanol–water partition coefficient (Wildman–Crippen LogP) is 3.78. The Balaban J connectivity index is 1.79. The largest absolute Gasteiger partial charge is 0.497 e. The Morgan fingerprint density at radius 1 is 1.15 bits per heavy atom. The van der Waals surface area contributed by atoms with Crippen molar-refractivity contribution in [3.8, 4) is 5.75 Å². The number of ether oxygens (including phenoxy) is 1. The fourth-order valence-electron chi connectivity index (χ4n) is 2.64. The standard InChI is InChI=1S/C20H26N2O3S/c1-14(2)19(15-6-8-17(25-3)9-7-15)22-18(23)5-4-11-21-20(24)16-10-12-26-13-16/h6-10,12-14,19H,4-5,11H2,1-3H3,(H,21,24)(H,22,23)/t19-/m0/s1. The second-order valence-corrected chi connectivity index (χ2v) is 7.21. The van der Waals surface area contributed by atoms with Gasteiger partial charge in [0.05, 0.1) is 13.2 Å². The molecule has 2 rings (SSSR count). The summed E-state index contributed by atoms with van der Waals surface area (Å²) >= 11 is 1.49. The molecule has 6 heteroatoms. The number of methoxy groups -OCH3 is 1. The average Bonchev–Trinajstić information content (AvgIpc) is 3.18. The molecule has 0 radical (unpaired) electrons. The first-order valence-corrected chi connectivity index (χ1v) is 9.69. The van der Waals surface area contributed by atoms with Gasteiger partial charge in [0.1, 0.15) is 5.75 Å². The molecule has 0 bridgehead atoms. The van der Waals surface area contributed by atoms with Crippen LogP contribution in [0.5, 0.6) is 5.75 Å². The van der Waals surface area contributed by atoms with E-state index in [4.69, 9.17) is 4.74 Å². The van der Waals surface area contributed by atoms with Gasteiger partial charge in [-0.15, -0.1) is 0 Å². The van der Waals surface area contributed by atoms with Crippen LogP contribution in [0.25, 0.3) is 0 Å². The predicted molar refractivity (Wildman–Crippen MR) is 105 cm³/mol. The Labute approximate surface area is 158 Å². The van der Waals surface area contributed by atoms with Crippen LogP contribution in [-0.4, -0.2) is 25.5 Å². The molecule has 0 aliphatic carbocycles. The molecule has 0 fully saturated rings.